The largest absolute Gasteiger partial charge is 0.321 e. The summed E-state index contributed by atoms with van der Waals surface area (Å²) in [5, 5.41) is 2.87. The second-order valence-corrected chi connectivity index (χ2v) is 9.63. The average molecular weight is 471 g/mol. The Kier molecular flexibility index (Phi) is 5.19. The zero-order chi connectivity index (χ0) is 20.6. The Morgan fingerprint density at radius 3 is 2.48 bits per heavy atom. The molecule has 1 heterocycles. The van der Waals surface area contributed by atoms with Crippen LogP contribution in [0.4, 0.5) is 11.4 Å². The predicted molar refractivity (Wildman–Crippen MR) is 118 cm³/mol. The number of carbonyl (C=O) groups excluding carboxylic acids is 1. The molecule has 0 spiro atoms. The molecular weight excluding hydrogens is 452 g/mol. The van der Waals surface area contributed by atoms with Crippen molar-refractivity contribution in [1.82, 2.24) is 0 Å². The van der Waals surface area contributed by atoms with E-state index in [-0.39, 0.29) is 10.8 Å². The summed E-state index contributed by atoms with van der Waals surface area (Å²) in [6, 6.07) is 19.4. The fourth-order valence-electron chi connectivity index (χ4n) is 3.36. The van der Waals surface area contributed by atoms with E-state index in [0.29, 0.717) is 29.9 Å². The normalized spacial score (nSPS) is 13.2. The number of nitrogens with zero attached hydrogens (tertiary/aromatic N) is 1. The maximum Gasteiger partial charge on any atom is 0.264 e. The number of anilines is 2. The van der Waals surface area contributed by atoms with Crippen LogP contribution in [0, 0.1) is 6.92 Å². The second-order valence-electron chi connectivity index (χ2n) is 6.92. The molecule has 0 saturated heterocycles. The van der Waals surface area contributed by atoms with E-state index in [0.717, 1.165) is 15.6 Å². The summed E-state index contributed by atoms with van der Waals surface area (Å²) in [6.07, 6.45) is 0.566. The van der Waals surface area contributed by atoms with Crippen LogP contribution in [0.25, 0.3) is 0 Å². The van der Waals surface area contributed by atoms with Crippen LogP contribution in [0.5, 0.6) is 0 Å². The van der Waals surface area contributed by atoms with Gasteiger partial charge in [0.2, 0.25) is 0 Å². The second kappa shape index (κ2) is 7.65. The summed E-state index contributed by atoms with van der Waals surface area (Å²) in [7, 11) is -3.63. The van der Waals surface area contributed by atoms with Crippen LogP contribution in [0.1, 0.15) is 21.5 Å². The van der Waals surface area contributed by atoms with Crippen molar-refractivity contribution in [3.05, 3.63) is 87.9 Å². The maximum atomic E-state index is 13.0. The van der Waals surface area contributed by atoms with Gasteiger partial charge in [-0.1, -0.05) is 29.8 Å². The minimum atomic E-state index is -3.63. The summed E-state index contributed by atoms with van der Waals surface area (Å²) in [5.41, 5.74) is 3.66. The molecule has 0 unspecified atom stereocenters. The van der Waals surface area contributed by atoms with Crippen LogP contribution >= 0.6 is 15.9 Å². The molecule has 3 aromatic rings. The highest BCUT2D eigenvalue weighted by molar-refractivity contribution is 9.10. The number of fused-ring (bicyclic) bond motifs is 1. The van der Waals surface area contributed by atoms with Crippen LogP contribution in [-0.4, -0.2) is 20.9 Å². The highest BCUT2D eigenvalue weighted by atomic mass is 79.9. The van der Waals surface area contributed by atoms with Crippen molar-refractivity contribution in [3.8, 4) is 0 Å². The van der Waals surface area contributed by atoms with E-state index in [2.05, 4.69) is 21.2 Å². The summed E-state index contributed by atoms with van der Waals surface area (Å²) < 4.78 is 28.3. The fraction of sp³-hybridized carbons (Fsp3) is 0.136. The highest BCUT2D eigenvalue weighted by Crippen LogP contribution is 2.34. The molecule has 0 aliphatic carbocycles. The molecular formula is C22H19BrN2O3S. The highest BCUT2D eigenvalue weighted by Gasteiger charge is 2.31. The first-order valence-corrected chi connectivity index (χ1v) is 11.4. The number of hydrogen-bond acceptors (Lipinski definition) is 3. The average Bonchev–Trinajstić information content (AvgIpc) is 3.14. The summed E-state index contributed by atoms with van der Waals surface area (Å²) in [4.78, 5) is 12.9. The molecule has 4 rings (SSSR count). The maximum absolute atomic E-state index is 13.0. The van der Waals surface area contributed by atoms with Gasteiger partial charge < -0.3 is 5.32 Å². The molecule has 1 aliphatic rings. The lowest BCUT2D eigenvalue weighted by molar-refractivity contribution is 0.102. The van der Waals surface area contributed by atoms with Gasteiger partial charge in [0.1, 0.15) is 0 Å². The van der Waals surface area contributed by atoms with Gasteiger partial charge in [0.05, 0.1) is 16.3 Å². The monoisotopic (exact) mass is 470 g/mol. The lowest BCUT2D eigenvalue weighted by atomic mass is 10.1. The third-order valence-corrected chi connectivity index (χ3v) is 7.44. The number of amides is 1. The standard InChI is InChI=1S/C22H19BrN2O3S/c1-15-6-9-18(10-7-15)29(27,28)25-13-12-16-14-17(8-11-21(16)25)22(26)24-20-5-3-2-4-19(20)23/h2-11,14H,12-13H2,1H3,(H,24,26). The van der Waals surface area contributed by atoms with Gasteiger partial charge in [0.25, 0.3) is 15.9 Å². The number of hydrogen-bond donors (Lipinski definition) is 1. The van der Waals surface area contributed by atoms with Crippen molar-refractivity contribution in [1.29, 1.82) is 0 Å². The van der Waals surface area contributed by atoms with Gasteiger partial charge >= 0.3 is 0 Å². The van der Waals surface area contributed by atoms with Crippen molar-refractivity contribution in [2.45, 2.75) is 18.2 Å². The Bertz CT molecular complexity index is 1190. The van der Waals surface area contributed by atoms with E-state index in [1.165, 1.54) is 4.31 Å². The number of sulfonamides is 1. The van der Waals surface area contributed by atoms with Crippen LogP contribution in [0.3, 0.4) is 0 Å². The molecule has 1 N–H and O–H groups in total. The number of halogens is 1. The molecule has 148 valence electrons. The molecule has 0 atom stereocenters. The molecule has 1 amide bonds. The van der Waals surface area contributed by atoms with Crippen molar-refractivity contribution in [3.63, 3.8) is 0 Å². The zero-order valence-electron chi connectivity index (χ0n) is 15.7. The van der Waals surface area contributed by atoms with Gasteiger partial charge in [0, 0.05) is 16.6 Å². The molecule has 0 aromatic heterocycles. The Labute approximate surface area is 178 Å². The molecule has 1 aliphatic heterocycles. The first-order valence-electron chi connectivity index (χ1n) is 9.14. The minimum Gasteiger partial charge on any atom is -0.321 e. The van der Waals surface area contributed by atoms with E-state index in [1.807, 2.05) is 31.2 Å². The first-order chi connectivity index (χ1) is 13.9. The van der Waals surface area contributed by atoms with Crippen molar-refractivity contribution in [2.24, 2.45) is 0 Å². The summed E-state index contributed by atoms with van der Waals surface area (Å²) in [5.74, 6) is -0.237. The van der Waals surface area contributed by atoms with Crippen molar-refractivity contribution >= 4 is 43.2 Å². The predicted octanol–water partition coefficient (Wildman–Crippen LogP) is 4.76. The van der Waals surface area contributed by atoms with Gasteiger partial charge in [0.15, 0.2) is 0 Å². The Morgan fingerprint density at radius 2 is 1.76 bits per heavy atom. The lowest BCUT2D eigenvalue weighted by Crippen LogP contribution is -2.29. The van der Waals surface area contributed by atoms with E-state index >= 15 is 0 Å². The quantitative estimate of drug-likeness (QED) is 0.597. The van der Waals surface area contributed by atoms with Gasteiger partial charge in [-0.2, -0.15) is 0 Å². The van der Waals surface area contributed by atoms with Gasteiger partial charge in [-0.05, 0) is 77.3 Å². The van der Waals surface area contributed by atoms with Gasteiger partial charge in [-0.25, -0.2) is 8.42 Å². The number of benzene rings is 3. The van der Waals surface area contributed by atoms with Crippen molar-refractivity contribution < 1.29 is 13.2 Å². The van der Waals surface area contributed by atoms with Crippen LogP contribution in [0.15, 0.2) is 76.1 Å². The van der Waals surface area contributed by atoms with Crippen LogP contribution < -0.4 is 9.62 Å². The molecule has 0 radical (unpaired) electrons. The van der Waals surface area contributed by atoms with E-state index in [9.17, 15) is 13.2 Å². The number of aryl methyl sites for hydroxylation is 1. The number of carbonyl (C=O) groups is 1. The third kappa shape index (κ3) is 3.80. The molecule has 0 bridgehead atoms. The third-order valence-electron chi connectivity index (χ3n) is 4.93. The van der Waals surface area contributed by atoms with Gasteiger partial charge in [-0.3, -0.25) is 9.10 Å². The van der Waals surface area contributed by atoms with E-state index in [1.54, 1.807) is 42.5 Å². The number of rotatable bonds is 4. The van der Waals surface area contributed by atoms with Crippen LogP contribution in [0.2, 0.25) is 0 Å². The fourth-order valence-corrected chi connectivity index (χ4v) is 5.24. The SMILES string of the molecule is Cc1ccc(S(=O)(=O)N2CCc3cc(C(=O)Nc4ccccc4Br)ccc32)cc1. The number of para-hydroxylation sites is 1. The topological polar surface area (TPSA) is 66.5 Å². The Morgan fingerprint density at radius 1 is 1.03 bits per heavy atom. The van der Waals surface area contributed by atoms with E-state index in [4.69, 9.17) is 0 Å². The van der Waals surface area contributed by atoms with Gasteiger partial charge in [-0.15, -0.1) is 0 Å². The molecule has 5 nitrogen and oxygen atoms in total. The Balaban J connectivity index is 1.60. The molecule has 3 aromatic carbocycles. The van der Waals surface area contributed by atoms with Crippen LogP contribution in [-0.2, 0) is 16.4 Å². The first kappa shape index (κ1) is 19.7. The molecule has 29 heavy (non-hydrogen) atoms. The lowest BCUT2D eigenvalue weighted by Gasteiger charge is -2.20. The summed E-state index contributed by atoms with van der Waals surface area (Å²) in [6.45, 7) is 2.28. The molecule has 7 heteroatoms. The number of nitrogens with one attached hydrogen (secondary N) is 1. The Hall–Kier alpha value is -2.64. The molecule has 0 fully saturated rings. The molecule has 0 saturated carbocycles. The smallest absolute Gasteiger partial charge is 0.264 e. The summed E-state index contributed by atoms with van der Waals surface area (Å²) >= 11 is 3.42. The minimum absolute atomic E-state index is 0.237. The zero-order valence-corrected chi connectivity index (χ0v) is 18.1. The van der Waals surface area contributed by atoms with Crippen molar-refractivity contribution in [2.75, 3.05) is 16.2 Å². The van der Waals surface area contributed by atoms with E-state index < -0.39 is 10.0 Å².